The van der Waals surface area contributed by atoms with Crippen molar-refractivity contribution in [3.63, 3.8) is 0 Å². The number of hydrogen-bond acceptors (Lipinski definition) is 3. The van der Waals surface area contributed by atoms with Crippen molar-refractivity contribution in [1.82, 2.24) is 0 Å². The lowest BCUT2D eigenvalue weighted by molar-refractivity contribution is 0.415. The van der Waals surface area contributed by atoms with E-state index in [2.05, 4.69) is 0 Å². The van der Waals surface area contributed by atoms with Gasteiger partial charge in [0.05, 0.1) is 12.1 Å². The standard InChI is InChI=1S/C20H18ClF2NO2S/c1-26-20-8-5-13(9-17(20)21)16-11-19(23)18(22)10-15(16)12-3-6-14(7-4-12)27(2,24)25/h3-11,25H,24H2,1-2H3. The van der Waals surface area contributed by atoms with Gasteiger partial charge < -0.3 is 9.29 Å². The van der Waals surface area contributed by atoms with Crippen LogP contribution in [-0.4, -0.2) is 17.9 Å². The molecular formula is C20H18ClF2NO2S. The highest BCUT2D eigenvalue weighted by Crippen LogP contribution is 2.42. The Bertz CT molecular complexity index is 989. The highest BCUT2D eigenvalue weighted by Gasteiger charge is 2.16. The molecule has 3 nitrogen and oxygen atoms in total. The molecule has 0 saturated carbocycles. The van der Waals surface area contributed by atoms with Crippen molar-refractivity contribution in [1.29, 1.82) is 0 Å². The maximum Gasteiger partial charge on any atom is 0.159 e. The molecular weight excluding hydrogens is 392 g/mol. The minimum Gasteiger partial charge on any atom is -0.495 e. The Hall–Kier alpha value is -2.12. The van der Waals surface area contributed by atoms with Gasteiger partial charge in [0.1, 0.15) is 5.75 Å². The normalized spacial score (nSPS) is 14.5. The van der Waals surface area contributed by atoms with Crippen LogP contribution in [0.4, 0.5) is 8.78 Å². The summed E-state index contributed by atoms with van der Waals surface area (Å²) in [6.45, 7) is 0. The van der Waals surface area contributed by atoms with Crippen molar-refractivity contribution in [3.05, 3.63) is 71.3 Å². The van der Waals surface area contributed by atoms with E-state index in [-0.39, 0.29) is 0 Å². The first-order valence-electron chi connectivity index (χ1n) is 7.92. The second-order valence-electron chi connectivity index (χ2n) is 6.12. The van der Waals surface area contributed by atoms with Gasteiger partial charge in [0.2, 0.25) is 0 Å². The fourth-order valence-corrected chi connectivity index (χ4v) is 3.71. The second-order valence-corrected chi connectivity index (χ2v) is 8.88. The van der Waals surface area contributed by atoms with Gasteiger partial charge in [-0.15, -0.1) is 0 Å². The van der Waals surface area contributed by atoms with Crippen LogP contribution in [0.15, 0.2) is 59.5 Å². The Morgan fingerprint density at radius 3 is 1.93 bits per heavy atom. The minimum absolute atomic E-state index is 0.365. The van der Waals surface area contributed by atoms with E-state index >= 15 is 0 Å². The topological polar surface area (TPSA) is 55.5 Å². The maximum absolute atomic E-state index is 14.0. The van der Waals surface area contributed by atoms with Crippen molar-refractivity contribution in [2.45, 2.75) is 4.90 Å². The third-order valence-electron chi connectivity index (χ3n) is 4.17. The first kappa shape index (κ1) is 19.6. The van der Waals surface area contributed by atoms with E-state index in [9.17, 15) is 13.3 Å². The van der Waals surface area contributed by atoms with E-state index < -0.39 is 22.1 Å². The fourth-order valence-electron chi connectivity index (χ4n) is 2.77. The number of hydrogen-bond donors (Lipinski definition) is 2. The molecule has 3 aromatic rings. The highest BCUT2D eigenvalue weighted by molar-refractivity contribution is 8.26. The molecule has 3 rings (SSSR count). The van der Waals surface area contributed by atoms with Crippen molar-refractivity contribution >= 4 is 22.1 Å². The molecule has 0 spiro atoms. The number of ether oxygens (including phenoxy) is 1. The average molecular weight is 410 g/mol. The molecule has 7 heteroatoms. The number of rotatable bonds is 4. The Labute approximate surface area is 163 Å². The lowest BCUT2D eigenvalue weighted by Gasteiger charge is -2.23. The minimum atomic E-state index is -2.36. The second kappa shape index (κ2) is 7.48. The highest BCUT2D eigenvalue weighted by atomic mass is 35.5. The zero-order chi connectivity index (χ0) is 19.8. The summed E-state index contributed by atoms with van der Waals surface area (Å²) < 4.78 is 43.0. The van der Waals surface area contributed by atoms with E-state index in [1.54, 1.807) is 48.7 Å². The van der Waals surface area contributed by atoms with Crippen LogP contribution in [0.2, 0.25) is 5.02 Å². The molecule has 0 aliphatic rings. The van der Waals surface area contributed by atoms with Crippen molar-refractivity contribution in [3.8, 4) is 28.0 Å². The molecule has 1 atom stereocenters. The van der Waals surface area contributed by atoms with Crippen molar-refractivity contribution < 1.29 is 18.1 Å². The van der Waals surface area contributed by atoms with Crippen LogP contribution in [0, 0.1) is 11.6 Å². The van der Waals surface area contributed by atoms with Gasteiger partial charge in [0.25, 0.3) is 0 Å². The molecule has 0 radical (unpaired) electrons. The molecule has 0 amide bonds. The van der Waals surface area contributed by atoms with Gasteiger partial charge in [0.15, 0.2) is 11.6 Å². The summed E-state index contributed by atoms with van der Waals surface area (Å²) in [4.78, 5) is 0.586. The zero-order valence-corrected chi connectivity index (χ0v) is 16.2. The van der Waals surface area contributed by atoms with Gasteiger partial charge in [-0.3, -0.25) is 5.14 Å². The molecule has 3 N–H and O–H groups in total. The Morgan fingerprint density at radius 2 is 1.44 bits per heavy atom. The smallest absolute Gasteiger partial charge is 0.159 e. The predicted molar refractivity (Wildman–Crippen MR) is 107 cm³/mol. The van der Waals surface area contributed by atoms with Gasteiger partial charge >= 0.3 is 0 Å². The van der Waals surface area contributed by atoms with Gasteiger partial charge in [-0.25, -0.2) is 8.78 Å². The van der Waals surface area contributed by atoms with Crippen LogP contribution in [0.5, 0.6) is 5.75 Å². The van der Waals surface area contributed by atoms with Crippen LogP contribution < -0.4 is 9.88 Å². The summed E-state index contributed by atoms with van der Waals surface area (Å²) in [5.41, 5.74) is 2.25. The van der Waals surface area contributed by atoms with E-state index in [1.165, 1.54) is 7.11 Å². The number of benzene rings is 3. The molecule has 3 aromatic carbocycles. The third-order valence-corrected chi connectivity index (χ3v) is 5.69. The number of methoxy groups -OCH3 is 1. The largest absolute Gasteiger partial charge is 0.495 e. The summed E-state index contributed by atoms with van der Waals surface area (Å²) in [6.07, 6.45) is 1.55. The molecule has 0 aliphatic heterocycles. The van der Waals surface area contributed by atoms with Crippen LogP contribution >= 0.6 is 22.1 Å². The Balaban J connectivity index is 2.16. The van der Waals surface area contributed by atoms with Crippen LogP contribution in [0.1, 0.15) is 0 Å². The van der Waals surface area contributed by atoms with E-state index in [4.69, 9.17) is 21.5 Å². The lowest BCUT2D eigenvalue weighted by atomic mass is 9.94. The van der Waals surface area contributed by atoms with E-state index in [0.717, 1.165) is 12.1 Å². The van der Waals surface area contributed by atoms with Crippen LogP contribution in [0.3, 0.4) is 0 Å². The molecule has 0 aromatic heterocycles. The molecule has 1 unspecified atom stereocenters. The molecule has 0 aliphatic carbocycles. The molecule has 27 heavy (non-hydrogen) atoms. The van der Waals surface area contributed by atoms with Crippen LogP contribution in [-0.2, 0) is 0 Å². The monoisotopic (exact) mass is 409 g/mol. The van der Waals surface area contributed by atoms with Gasteiger partial charge in [-0.1, -0.05) is 40.3 Å². The molecule has 142 valence electrons. The van der Waals surface area contributed by atoms with Gasteiger partial charge in [0, 0.05) is 11.2 Å². The summed E-state index contributed by atoms with van der Waals surface area (Å²) in [6, 6.07) is 14.1. The quantitative estimate of drug-likeness (QED) is 0.547. The summed E-state index contributed by atoms with van der Waals surface area (Å²) in [5, 5.41) is 6.12. The molecule has 0 fully saturated rings. The SMILES string of the molecule is COc1ccc(-c2cc(F)c(F)cc2-c2ccc(S(C)(N)O)cc2)cc1Cl. The maximum atomic E-state index is 14.0. The zero-order valence-electron chi connectivity index (χ0n) is 14.7. The Kier molecular flexibility index (Phi) is 5.44. The number of halogens is 3. The third kappa shape index (κ3) is 4.09. The summed E-state index contributed by atoms with van der Waals surface area (Å²) >= 11 is 6.19. The average Bonchev–Trinajstić information content (AvgIpc) is 2.63. The number of nitrogens with two attached hydrogens (primary N) is 1. The van der Waals surface area contributed by atoms with E-state index in [1.807, 2.05) is 0 Å². The fraction of sp³-hybridized carbons (Fsp3) is 0.100. The van der Waals surface area contributed by atoms with E-state index in [0.29, 0.717) is 37.9 Å². The summed E-state index contributed by atoms with van der Waals surface area (Å²) in [7, 11) is -0.858. The van der Waals surface area contributed by atoms with Crippen molar-refractivity contribution in [2.24, 2.45) is 5.14 Å². The first-order chi connectivity index (χ1) is 12.7. The molecule has 0 heterocycles. The lowest BCUT2D eigenvalue weighted by Crippen LogP contribution is -2.07. The van der Waals surface area contributed by atoms with Gasteiger partial charge in [-0.2, -0.15) is 0 Å². The first-order valence-corrected chi connectivity index (χ1v) is 10.4. The molecule has 0 bridgehead atoms. The Morgan fingerprint density at radius 1 is 0.926 bits per heavy atom. The van der Waals surface area contributed by atoms with Crippen LogP contribution in [0.25, 0.3) is 22.3 Å². The predicted octanol–water partition coefficient (Wildman–Crippen LogP) is 6.10. The molecule has 0 saturated heterocycles. The van der Waals surface area contributed by atoms with Crippen molar-refractivity contribution in [2.75, 3.05) is 13.4 Å². The summed E-state index contributed by atoms with van der Waals surface area (Å²) in [5.74, 6) is -1.41. The van der Waals surface area contributed by atoms with Gasteiger partial charge in [-0.05, 0) is 58.7 Å².